The summed E-state index contributed by atoms with van der Waals surface area (Å²) in [7, 11) is -5.79. The number of methoxy groups -OCH3 is 2. The molecule has 0 unspecified atom stereocenters. The highest BCUT2D eigenvalue weighted by molar-refractivity contribution is 8.04. The van der Waals surface area contributed by atoms with Crippen LogP contribution in [0.25, 0.3) is 0 Å². The van der Waals surface area contributed by atoms with Gasteiger partial charge in [0, 0.05) is 6.54 Å². The SMILES string of the molecule is COc1ccc(S(=O)(=O)N(CCc2ccccc2)S(=O)(=O)c2ccc(OC)cc2)cc1. The molecule has 0 saturated carbocycles. The van der Waals surface area contributed by atoms with Crippen molar-refractivity contribution in [2.45, 2.75) is 16.2 Å². The topological polar surface area (TPSA) is 90.0 Å². The third-order valence-electron chi connectivity index (χ3n) is 4.68. The van der Waals surface area contributed by atoms with E-state index in [2.05, 4.69) is 0 Å². The van der Waals surface area contributed by atoms with Crippen LogP contribution in [-0.2, 0) is 26.5 Å². The predicted octanol–water partition coefficient (Wildman–Crippen LogP) is 3.33. The number of hydrogen-bond donors (Lipinski definition) is 0. The summed E-state index contributed by atoms with van der Waals surface area (Å²) in [5, 5.41) is 0. The van der Waals surface area contributed by atoms with E-state index < -0.39 is 20.0 Å². The van der Waals surface area contributed by atoms with Crippen molar-refractivity contribution >= 4 is 20.0 Å². The van der Waals surface area contributed by atoms with Gasteiger partial charge in [0.05, 0.1) is 24.0 Å². The Morgan fingerprint density at radius 1 is 0.645 bits per heavy atom. The lowest BCUT2D eigenvalue weighted by atomic mass is 10.2. The van der Waals surface area contributed by atoms with Crippen LogP contribution in [0.2, 0.25) is 0 Å². The molecule has 0 atom stereocenters. The Kier molecular flexibility index (Phi) is 6.99. The normalized spacial score (nSPS) is 12.0. The second kappa shape index (κ2) is 9.51. The number of nitrogens with zero attached hydrogens (tertiary/aromatic N) is 1. The number of rotatable bonds is 9. The van der Waals surface area contributed by atoms with Crippen LogP contribution < -0.4 is 9.47 Å². The molecule has 0 saturated heterocycles. The maximum Gasteiger partial charge on any atom is 0.256 e. The maximum atomic E-state index is 13.4. The molecule has 0 aromatic heterocycles. The zero-order chi connectivity index (χ0) is 22.5. The first-order chi connectivity index (χ1) is 14.8. The zero-order valence-electron chi connectivity index (χ0n) is 17.1. The summed E-state index contributed by atoms with van der Waals surface area (Å²) in [4.78, 5) is -0.281. The third-order valence-corrected chi connectivity index (χ3v) is 9.03. The molecule has 7 nitrogen and oxygen atoms in total. The van der Waals surface area contributed by atoms with Gasteiger partial charge in [-0.1, -0.05) is 34.0 Å². The Balaban J connectivity index is 2.03. The van der Waals surface area contributed by atoms with Gasteiger partial charge in [-0.05, 0) is 60.5 Å². The quantitative estimate of drug-likeness (QED) is 0.486. The van der Waals surface area contributed by atoms with Crippen LogP contribution in [0, 0.1) is 0 Å². The summed E-state index contributed by atoms with van der Waals surface area (Å²) in [5.41, 5.74) is 0.822. The Morgan fingerprint density at radius 2 is 1.06 bits per heavy atom. The molecule has 0 N–H and O–H groups in total. The summed E-state index contributed by atoms with van der Waals surface area (Å²) >= 11 is 0. The smallest absolute Gasteiger partial charge is 0.256 e. The van der Waals surface area contributed by atoms with E-state index in [0.29, 0.717) is 15.2 Å². The minimum atomic E-state index is -4.36. The monoisotopic (exact) mass is 461 g/mol. The van der Waals surface area contributed by atoms with Gasteiger partial charge in [-0.25, -0.2) is 16.8 Å². The van der Waals surface area contributed by atoms with Crippen molar-refractivity contribution < 1.29 is 26.3 Å². The number of hydrogen-bond acceptors (Lipinski definition) is 6. The van der Waals surface area contributed by atoms with E-state index >= 15 is 0 Å². The van der Waals surface area contributed by atoms with Crippen molar-refractivity contribution in [3.63, 3.8) is 0 Å². The van der Waals surface area contributed by atoms with Gasteiger partial charge >= 0.3 is 0 Å². The minimum Gasteiger partial charge on any atom is -0.497 e. The second-order valence-corrected chi connectivity index (χ2v) is 10.5. The molecular formula is C22H23NO6S2. The predicted molar refractivity (Wildman–Crippen MR) is 117 cm³/mol. The van der Waals surface area contributed by atoms with E-state index in [4.69, 9.17) is 9.47 Å². The van der Waals surface area contributed by atoms with Gasteiger partial charge in [0.2, 0.25) is 0 Å². The highest BCUT2D eigenvalue weighted by Gasteiger charge is 2.36. The fourth-order valence-corrected chi connectivity index (χ4v) is 6.61. The summed E-state index contributed by atoms with van der Waals surface area (Å²) < 4.78 is 64.2. The zero-order valence-corrected chi connectivity index (χ0v) is 18.8. The molecule has 3 aromatic carbocycles. The maximum absolute atomic E-state index is 13.4. The number of ether oxygens (including phenoxy) is 2. The van der Waals surface area contributed by atoms with Crippen LogP contribution in [0.3, 0.4) is 0 Å². The van der Waals surface area contributed by atoms with Crippen LogP contribution in [0.5, 0.6) is 11.5 Å². The van der Waals surface area contributed by atoms with Crippen LogP contribution in [0.1, 0.15) is 5.56 Å². The van der Waals surface area contributed by atoms with Gasteiger partial charge in [0.25, 0.3) is 20.0 Å². The van der Waals surface area contributed by atoms with E-state index in [-0.39, 0.29) is 22.8 Å². The van der Waals surface area contributed by atoms with Crippen molar-refractivity contribution in [2.75, 3.05) is 20.8 Å². The van der Waals surface area contributed by atoms with Crippen LogP contribution in [0.15, 0.2) is 88.7 Å². The first-order valence-corrected chi connectivity index (χ1v) is 12.3. The first kappa shape index (κ1) is 22.8. The molecule has 0 aliphatic carbocycles. The molecule has 0 fully saturated rings. The Bertz CT molecular complexity index is 1130. The molecule has 164 valence electrons. The first-order valence-electron chi connectivity index (χ1n) is 9.39. The molecule has 0 spiro atoms. The number of sulfonamides is 2. The molecule has 0 radical (unpaired) electrons. The van der Waals surface area contributed by atoms with Crippen molar-refractivity contribution in [2.24, 2.45) is 0 Å². The third kappa shape index (κ3) is 5.07. The lowest BCUT2D eigenvalue weighted by Crippen LogP contribution is -2.38. The van der Waals surface area contributed by atoms with E-state index in [9.17, 15) is 16.8 Å². The second-order valence-electron chi connectivity index (χ2n) is 6.59. The van der Waals surface area contributed by atoms with Crippen LogP contribution >= 0.6 is 0 Å². The fourth-order valence-electron chi connectivity index (χ4n) is 2.97. The van der Waals surface area contributed by atoms with Crippen molar-refractivity contribution in [1.29, 1.82) is 0 Å². The van der Waals surface area contributed by atoms with E-state index in [1.807, 2.05) is 30.3 Å². The molecule has 31 heavy (non-hydrogen) atoms. The standard InChI is InChI=1S/C22H23NO6S2/c1-28-19-8-12-21(13-9-19)30(24,25)23(17-16-18-6-4-3-5-7-18)31(26,27)22-14-10-20(29-2)11-15-22/h3-15H,16-17H2,1-2H3. The van der Waals surface area contributed by atoms with Crippen molar-refractivity contribution in [3.8, 4) is 11.5 Å². The molecule has 3 rings (SSSR count). The van der Waals surface area contributed by atoms with Crippen molar-refractivity contribution in [1.82, 2.24) is 3.71 Å². The van der Waals surface area contributed by atoms with E-state index in [1.165, 1.54) is 62.8 Å². The number of benzene rings is 3. The average Bonchev–Trinajstić information content (AvgIpc) is 2.79. The Hall–Kier alpha value is -2.88. The highest BCUT2D eigenvalue weighted by atomic mass is 32.3. The summed E-state index contributed by atoms with van der Waals surface area (Å²) in [5.74, 6) is 0.931. The van der Waals surface area contributed by atoms with Gasteiger partial charge in [0.1, 0.15) is 11.5 Å². The molecule has 0 bridgehead atoms. The fraction of sp³-hybridized carbons (Fsp3) is 0.182. The van der Waals surface area contributed by atoms with E-state index in [1.54, 1.807) is 0 Å². The molecule has 0 aliphatic rings. The summed E-state index contributed by atoms with van der Waals surface area (Å²) in [6.45, 7) is -0.243. The average molecular weight is 462 g/mol. The summed E-state index contributed by atoms with van der Waals surface area (Å²) in [6, 6.07) is 20.3. The molecular weight excluding hydrogens is 438 g/mol. The van der Waals surface area contributed by atoms with Crippen molar-refractivity contribution in [3.05, 3.63) is 84.4 Å². The van der Waals surface area contributed by atoms with Gasteiger partial charge in [0.15, 0.2) is 0 Å². The minimum absolute atomic E-state index is 0.140. The van der Waals surface area contributed by atoms with Gasteiger partial charge < -0.3 is 9.47 Å². The van der Waals surface area contributed by atoms with Gasteiger partial charge in [-0.15, -0.1) is 0 Å². The van der Waals surface area contributed by atoms with Gasteiger partial charge in [-0.3, -0.25) is 0 Å². The lowest BCUT2D eigenvalue weighted by Gasteiger charge is -2.22. The highest BCUT2D eigenvalue weighted by Crippen LogP contribution is 2.27. The lowest BCUT2D eigenvalue weighted by molar-refractivity contribution is 0.414. The molecule has 3 aromatic rings. The summed E-state index contributed by atoms with van der Waals surface area (Å²) in [6.07, 6.45) is 0.228. The van der Waals surface area contributed by atoms with Gasteiger partial charge in [-0.2, -0.15) is 0 Å². The largest absolute Gasteiger partial charge is 0.497 e. The molecule has 9 heteroatoms. The molecule has 0 aliphatic heterocycles. The van der Waals surface area contributed by atoms with E-state index in [0.717, 1.165) is 5.56 Å². The van der Waals surface area contributed by atoms with Crippen LogP contribution in [-0.4, -0.2) is 41.3 Å². The Morgan fingerprint density at radius 3 is 1.45 bits per heavy atom. The van der Waals surface area contributed by atoms with Crippen LogP contribution in [0.4, 0.5) is 0 Å². The Labute approximate surface area is 183 Å². The molecule has 0 heterocycles. The molecule has 0 amide bonds.